The minimum absolute atomic E-state index is 0.0224. The van der Waals surface area contributed by atoms with Crippen LogP contribution < -0.4 is 25.2 Å². The number of ether oxygens (including phenoxy) is 1. The zero-order valence-electron chi connectivity index (χ0n) is 41.4. The summed E-state index contributed by atoms with van der Waals surface area (Å²) in [6.07, 6.45) is 8.31. The first-order chi connectivity index (χ1) is 35.5. The first-order valence-electron chi connectivity index (χ1n) is 25.8. The van der Waals surface area contributed by atoms with Crippen LogP contribution in [0.1, 0.15) is 101 Å². The molecule has 4 aromatic carbocycles. The number of aromatic nitrogens is 4. The van der Waals surface area contributed by atoms with Crippen LogP contribution >= 0.6 is 11.3 Å². The zero-order valence-corrected chi connectivity index (χ0v) is 42.3. The number of aryl methyl sites for hydroxylation is 1. The Hall–Kier alpha value is -7.17. The Morgan fingerprint density at radius 2 is 1.64 bits per heavy atom. The molecule has 16 heteroatoms. The highest BCUT2D eigenvalue weighted by atomic mass is 32.1. The summed E-state index contributed by atoms with van der Waals surface area (Å²) in [4.78, 5) is 67.4. The number of benzene rings is 4. The van der Waals surface area contributed by atoms with Crippen LogP contribution in [0, 0.1) is 18.8 Å². The lowest BCUT2D eigenvalue weighted by atomic mass is 9.90. The van der Waals surface area contributed by atoms with Gasteiger partial charge in [-0.15, -0.1) is 0 Å². The molecule has 376 valence electrons. The Labute approximate surface area is 428 Å². The third kappa shape index (κ3) is 10.1. The molecule has 15 nitrogen and oxygen atoms in total. The Morgan fingerprint density at radius 3 is 2.45 bits per heavy atom. The zero-order chi connectivity index (χ0) is 50.2. The van der Waals surface area contributed by atoms with Crippen LogP contribution in [0.15, 0.2) is 91.0 Å². The molecule has 4 aliphatic heterocycles. The third-order valence-electron chi connectivity index (χ3n) is 15.7. The average molecular weight is 1000 g/mol. The normalized spacial score (nSPS) is 18.0. The van der Waals surface area contributed by atoms with E-state index in [-0.39, 0.29) is 23.4 Å². The van der Waals surface area contributed by atoms with E-state index >= 15 is 0 Å². The highest BCUT2D eigenvalue weighted by molar-refractivity contribution is 7.22. The van der Waals surface area contributed by atoms with Gasteiger partial charge in [0.25, 0.3) is 5.91 Å². The molecule has 1 unspecified atom stereocenters. The highest BCUT2D eigenvalue weighted by Crippen LogP contribution is 2.37. The predicted molar refractivity (Wildman–Crippen MR) is 285 cm³/mol. The number of aromatic carboxylic acids is 1. The summed E-state index contributed by atoms with van der Waals surface area (Å²) in [7, 11) is 1.93. The van der Waals surface area contributed by atoms with E-state index in [9.17, 15) is 24.3 Å². The van der Waals surface area contributed by atoms with Crippen molar-refractivity contribution in [3.8, 4) is 16.9 Å². The van der Waals surface area contributed by atoms with Gasteiger partial charge in [0.05, 0.1) is 34.0 Å². The number of hydrogen-bond donors (Lipinski definition) is 3. The number of anilines is 3. The van der Waals surface area contributed by atoms with Gasteiger partial charge >= 0.3 is 5.97 Å². The number of carboxylic acids is 1. The molecule has 7 aromatic rings. The summed E-state index contributed by atoms with van der Waals surface area (Å²) < 4.78 is 9.26. The van der Waals surface area contributed by atoms with Crippen molar-refractivity contribution in [2.45, 2.75) is 77.2 Å². The molecule has 11 rings (SSSR count). The van der Waals surface area contributed by atoms with Crippen molar-refractivity contribution in [3.63, 3.8) is 0 Å². The second-order valence-corrected chi connectivity index (χ2v) is 21.3. The van der Waals surface area contributed by atoms with E-state index in [1.165, 1.54) is 29.9 Å². The standard InChI is InChI=1S/C57H61N9O6S/c1-35-40(41-17-19-50(59-53(41)56(70)71)66-30-25-38-9-5-11-42(45(38)34-66)54(68)61-57-58-46-12-3-4-14-49(46)73-57)10-6-13-48(35)72-31-7-8-36-21-26-64(27-22-36)33-37-23-28-65(29-24-37)39-15-16-43-47(32-39)63(2)62-52(43)44-18-20-51(67)60-55(44)69/h3-6,9-17,19,32,36-37,44H,7-8,18,20-31,33-34H2,1-2H3,(H,70,71)(H,58,61,68)(H,60,67,69). The van der Waals surface area contributed by atoms with Gasteiger partial charge in [-0.3, -0.25) is 29.7 Å². The maximum Gasteiger partial charge on any atom is 0.355 e. The number of carbonyl (C=O) groups is 4. The number of likely N-dealkylation sites (tertiary alicyclic amines) is 1. The van der Waals surface area contributed by atoms with E-state index < -0.39 is 11.9 Å². The first-order valence-corrected chi connectivity index (χ1v) is 26.6. The number of hydrogen-bond acceptors (Lipinski definition) is 12. The number of carboxylic acid groups (broad SMARTS) is 1. The van der Waals surface area contributed by atoms with E-state index in [1.807, 2.05) is 96.3 Å². The van der Waals surface area contributed by atoms with Gasteiger partial charge < -0.3 is 24.5 Å². The molecule has 0 spiro atoms. The van der Waals surface area contributed by atoms with Crippen molar-refractivity contribution < 1.29 is 29.0 Å². The van der Waals surface area contributed by atoms with E-state index in [1.54, 1.807) is 0 Å². The molecule has 3 amide bonds. The van der Waals surface area contributed by atoms with Crippen molar-refractivity contribution >= 4 is 72.8 Å². The van der Waals surface area contributed by atoms with Crippen molar-refractivity contribution in [1.82, 2.24) is 30.0 Å². The lowest BCUT2D eigenvalue weighted by Gasteiger charge is -2.38. The van der Waals surface area contributed by atoms with Crippen molar-refractivity contribution in [3.05, 3.63) is 125 Å². The number of piperidine rings is 3. The van der Waals surface area contributed by atoms with Gasteiger partial charge in [0, 0.05) is 68.4 Å². The van der Waals surface area contributed by atoms with E-state index in [0.29, 0.717) is 72.9 Å². The van der Waals surface area contributed by atoms with Crippen LogP contribution in [0.5, 0.6) is 5.75 Å². The summed E-state index contributed by atoms with van der Waals surface area (Å²) in [6, 6.07) is 29.6. The molecule has 3 fully saturated rings. The maximum absolute atomic E-state index is 13.7. The number of para-hydroxylation sites is 1. The monoisotopic (exact) mass is 999 g/mol. The van der Waals surface area contributed by atoms with E-state index in [4.69, 9.17) is 14.8 Å². The van der Waals surface area contributed by atoms with Gasteiger partial charge in [-0.1, -0.05) is 47.7 Å². The summed E-state index contributed by atoms with van der Waals surface area (Å²) in [5.74, 6) is 0.453. The molecule has 73 heavy (non-hydrogen) atoms. The number of amides is 3. The second kappa shape index (κ2) is 20.7. The molecule has 0 bridgehead atoms. The quantitative estimate of drug-likeness (QED) is 0.0697. The van der Waals surface area contributed by atoms with Crippen LogP contribution in [0.3, 0.4) is 0 Å². The number of imide groups is 1. The minimum atomic E-state index is -1.10. The van der Waals surface area contributed by atoms with Gasteiger partial charge in [0.15, 0.2) is 10.8 Å². The SMILES string of the molecule is Cc1c(OCCCC2CCN(CC3CCN(c4ccc5c(C6CCC(=O)NC6=O)nn(C)c5c4)CC3)CC2)cccc1-c1ccc(N2CCc3cccc(C(=O)Nc4nc5ccccc5s4)c3C2)nc1C(=O)O. The molecule has 4 aliphatic rings. The van der Waals surface area contributed by atoms with Crippen LogP contribution in [0.2, 0.25) is 0 Å². The largest absolute Gasteiger partial charge is 0.493 e. The summed E-state index contributed by atoms with van der Waals surface area (Å²) in [6.45, 7) is 9.08. The van der Waals surface area contributed by atoms with Crippen molar-refractivity contribution in [1.29, 1.82) is 0 Å². The molecule has 3 saturated heterocycles. The van der Waals surface area contributed by atoms with Crippen molar-refractivity contribution in [2.24, 2.45) is 18.9 Å². The van der Waals surface area contributed by atoms with E-state index in [2.05, 4.69) is 43.6 Å². The number of fused-ring (bicyclic) bond motifs is 3. The maximum atomic E-state index is 13.7. The Balaban J connectivity index is 0.646. The van der Waals surface area contributed by atoms with Crippen molar-refractivity contribution in [2.75, 3.05) is 61.0 Å². The number of thiazole rings is 1. The molecular formula is C57H61N9O6S. The molecule has 1 atom stereocenters. The number of nitrogens with one attached hydrogen (secondary N) is 2. The molecular weight excluding hydrogens is 939 g/mol. The fourth-order valence-corrected chi connectivity index (χ4v) is 12.4. The lowest BCUT2D eigenvalue weighted by Crippen LogP contribution is -2.41. The second-order valence-electron chi connectivity index (χ2n) is 20.2. The van der Waals surface area contributed by atoms with Gasteiger partial charge in [0.2, 0.25) is 11.8 Å². The van der Waals surface area contributed by atoms with Gasteiger partial charge in [-0.25, -0.2) is 14.8 Å². The molecule has 0 saturated carbocycles. The summed E-state index contributed by atoms with van der Waals surface area (Å²) >= 11 is 1.44. The topological polar surface area (TPSA) is 175 Å². The molecule has 3 N–H and O–H groups in total. The number of pyridine rings is 1. The van der Waals surface area contributed by atoms with Crippen LogP contribution in [0.25, 0.3) is 32.2 Å². The lowest BCUT2D eigenvalue weighted by molar-refractivity contribution is -0.134. The van der Waals surface area contributed by atoms with Crippen LogP contribution in [0.4, 0.5) is 16.6 Å². The predicted octanol–water partition coefficient (Wildman–Crippen LogP) is 9.37. The van der Waals surface area contributed by atoms with Crippen LogP contribution in [-0.4, -0.2) is 99.3 Å². The average Bonchev–Trinajstić information content (AvgIpc) is 3.97. The summed E-state index contributed by atoms with van der Waals surface area (Å²) in [5.41, 5.74) is 8.51. The minimum Gasteiger partial charge on any atom is -0.493 e. The Bertz CT molecular complexity index is 3210. The summed E-state index contributed by atoms with van der Waals surface area (Å²) in [5, 5.41) is 22.2. The highest BCUT2D eigenvalue weighted by Gasteiger charge is 2.33. The fraction of sp³-hybridized carbons (Fsp3) is 0.386. The van der Waals surface area contributed by atoms with Gasteiger partial charge in [-0.2, -0.15) is 5.10 Å². The smallest absolute Gasteiger partial charge is 0.355 e. The van der Waals surface area contributed by atoms with Crippen LogP contribution in [-0.2, 0) is 29.6 Å². The Kier molecular flexibility index (Phi) is 13.7. The van der Waals surface area contributed by atoms with Gasteiger partial charge in [0.1, 0.15) is 11.6 Å². The number of nitrogens with zero attached hydrogens (tertiary/aromatic N) is 7. The molecule has 0 radical (unpaired) electrons. The fourth-order valence-electron chi connectivity index (χ4n) is 11.6. The number of carbonyl (C=O) groups excluding carboxylic acids is 3. The molecule has 0 aliphatic carbocycles. The first kappa shape index (κ1) is 48.1. The van der Waals surface area contributed by atoms with E-state index in [0.717, 1.165) is 113 Å². The number of rotatable bonds is 14. The molecule has 3 aromatic heterocycles. The third-order valence-corrected chi connectivity index (χ3v) is 16.6. The molecule has 7 heterocycles. The van der Waals surface area contributed by atoms with Gasteiger partial charge in [-0.05, 0) is 160 Å². The Morgan fingerprint density at radius 1 is 0.836 bits per heavy atom.